The molecule has 78 valence electrons. The highest BCUT2D eigenvalue weighted by Gasteiger charge is 2.07. The van der Waals surface area contributed by atoms with E-state index in [1.807, 2.05) is 26.8 Å². The molecule has 0 amide bonds. The summed E-state index contributed by atoms with van der Waals surface area (Å²) in [7, 11) is 0. The minimum absolute atomic E-state index is 0.759. The van der Waals surface area contributed by atoms with Crippen molar-refractivity contribution in [1.29, 1.82) is 0 Å². The van der Waals surface area contributed by atoms with Gasteiger partial charge in [0.2, 0.25) is 0 Å². The van der Waals surface area contributed by atoms with Crippen molar-refractivity contribution in [2.75, 3.05) is 0 Å². The minimum atomic E-state index is 0.759. The second kappa shape index (κ2) is 3.73. The highest BCUT2D eigenvalue weighted by molar-refractivity contribution is 9.10. The van der Waals surface area contributed by atoms with Gasteiger partial charge < -0.3 is 0 Å². The Hall–Kier alpha value is -1.23. The van der Waals surface area contributed by atoms with Gasteiger partial charge in [0, 0.05) is 10.7 Å². The van der Waals surface area contributed by atoms with Gasteiger partial charge in [0.15, 0.2) is 5.82 Å². The van der Waals surface area contributed by atoms with Crippen LogP contribution in [-0.4, -0.2) is 19.7 Å². The van der Waals surface area contributed by atoms with E-state index in [1.165, 1.54) is 0 Å². The van der Waals surface area contributed by atoms with Crippen LogP contribution in [-0.2, 0) is 0 Å². The Morgan fingerprint density at radius 2 is 2.00 bits per heavy atom. The van der Waals surface area contributed by atoms with Gasteiger partial charge in [-0.05, 0) is 48.3 Å². The second-order valence-corrected chi connectivity index (χ2v) is 4.26. The van der Waals surface area contributed by atoms with Crippen LogP contribution in [0.5, 0.6) is 0 Å². The molecule has 2 rings (SSSR count). The number of hydrogen-bond donors (Lipinski definition) is 0. The van der Waals surface area contributed by atoms with Crippen LogP contribution in [0.1, 0.15) is 17.2 Å². The van der Waals surface area contributed by atoms with Gasteiger partial charge in [-0.25, -0.2) is 9.97 Å². The Balaban J connectivity index is 2.54. The summed E-state index contributed by atoms with van der Waals surface area (Å²) >= 11 is 3.42. The average Bonchev–Trinajstić information content (AvgIpc) is 2.50. The zero-order valence-electron chi connectivity index (χ0n) is 8.82. The molecule has 2 heterocycles. The SMILES string of the molecule is Cc1nc(C)n(-c2cc(C)c(Br)cn2)n1. The Bertz CT molecular complexity index is 504. The van der Waals surface area contributed by atoms with Crippen LogP contribution in [0.3, 0.4) is 0 Å². The predicted octanol–water partition coefficient (Wildman–Crippen LogP) is 2.35. The fourth-order valence-corrected chi connectivity index (χ4v) is 1.60. The van der Waals surface area contributed by atoms with Gasteiger partial charge in [-0.15, -0.1) is 5.10 Å². The van der Waals surface area contributed by atoms with Crippen molar-refractivity contribution in [2.24, 2.45) is 0 Å². The molecule has 0 aromatic carbocycles. The van der Waals surface area contributed by atoms with Gasteiger partial charge in [-0.2, -0.15) is 4.68 Å². The van der Waals surface area contributed by atoms with Gasteiger partial charge >= 0.3 is 0 Å². The third kappa shape index (κ3) is 1.92. The first kappa shape index (κ1) is 10.3. The van der Waals surface area contributed by atoms with Gasteiger partial charge in [-0.1, -0.05) is 0 Å². The van der Waals surface area contributed by atoms with E-state index in [1.54, 1.807) is 10.9 Å². The molecule has 0 aliphatic rings. The molecule has 0 N–H and O–H groups in total. The van der Waals surface area contributed by atoms with E-state index in [0.29, 0.717) is 0 Å². The molecule has 4 nitrogen and oxygen atoms in total. The summed E-state index contributed by atoms with van der Waals surface area (Å²) in [6.07, 6.45) is 1.78. The third-order valence-electron chi connectivity index (χ3n) is 2.12. The van der Waals surface area contributed by atoms with Gasteiger partial charge in [0.1, 0.15) is 11.6 Å². The molecule has 0 fully saturated rings. The fraction of sp³-hybridized carbons (Fsp3) is 0.300. The molecule has 15 heavy (non-hydrogen) atoms. The smallest absolute Gasteiger partial charge is 0.155 e. The Morgan fingerprint density at radius 1 is 1.27 bits per heavy atom. The lowest BCUT2D eigenvalue weighted by molar-refractivity contribution is 0.801. The molecule has 0 aliphatic heterocycles. The maximum atomic E-state index is 4.30. The first-order valence-corrected chi connectivity index (χ1v) is 5.40. The monoisotopic (exact) mass is 266 g/mol. The van der Waals surface area contributed by atoms with Crippen LogP contribution in [0.4, 0.5) is 0 Å². The van der Waals surface area contributed by atoms with E-state index in [4.69, 9.17) is 0 Å². The molecular weight excluding hydrogens is 256 g/mol. The summed E-state index contributed by atoms with van der Waals surface area (Å²) < 4.78 is 2.75. The summed E-state index contributed by atoms with van der Waals surface area (Å²) in [6.45, 7) is 5.81. The fourth-order valence-electron chi connectivity index (χ4n) is 1.38. The van der Waals surface area contributed by atoms with Crippen molar-refractivity contribution in [2.45, 2.75) is 20.8 Å². The quantitative estimate of drug-likeness (QED) is 0.796. The Labute approximate surface area is 96.5 Å². The molecule has 2 aromatic rings. The lowest BCUT2D eigenvalue weighted by Crippen LogP contribution is -2.02. The summed E-state index contributed by atoms with van der Waals surface area (Å²) in [5.74, 6) is 2.41. The Morgan fingerprint density at radius 3 is 2.53 bits per heavy atom. The maximum Gasteiger partial charge on any atom is 0.155 e. The normalized spacial score (nSPS) is 10.7. The zero-order valence-corrected chi connectivity index (χ0v) is 10.4. The van der Waals surface area contributed by atoms with Gasteiger partial charge in [0.05, 0.1) is 0 Å². The highest BCUT2D eigenvalue weighted by Crippen LogP contribution is 2.17. The van der Waals surface area contributed by atoms with Crippen LogP contribution in [0.15, 0.2) is 16.7 Å². The van der Waals surface area contributed by atoms with Crippen molar-refractivity contribution < 1.29 is 0 Å². The first-order valence-electron chi connectivity index (χ1n) is 4.60. The average molecular weight is 267 g/mol. The molecule has 5 heteroatoms. The highest BCUT2D eigenvalue weighted by atomic mass is 79.9. The van der Waals surface area contributed by atoms with Crippen molar-refractivity contribution >= 4 is 15.9 Å². The molecule has 0 spiro atoms. The molecular formula is C10H11BrN4. The lowest BCUT2D eigenvalue weighted by atomic mass is 10.3. The molecule has 2 aromatic heterocycles. The number of aryl methyl sites for hydroxylation is 3. The first-order chi connectivity index (χ1) is 7.08. The van der Waals surface area contributed by atoms with E-state index in [2.05, 4.69) is 31.0 Å². The zero-order chi connectivity index (χ0) is 11.0. The van der Waals surface area contributed by atoms with E-state index in [-0.39, 0.29) is 0 Å². The number of halogens is 1. The lowest BCUT2D eigenvalue weighted by Gasteiger charge is -2.03. The molecule has 0 radical (unpaired) electrons. The predicted molar refractivity (Wildman–Crippen MR) is 61.1 cm³/mol. The number of pyridine rings is 1. The number of rotatable bonds is 1. The van der Waals surface area contributed by atoms with E-state index in [9.17, 15) is 0 Å². The summed E-state index contributed by atoms with van der Waals surface area (Å²) in [5.41, 5.74) is 1.13. The van der Waals surface area contributed by atoms with Crippen molar-refractivity contribution in [1.82, 2.24) is 19.7 Å². The standard InChI is InChI=1S/C10H11BrN4/c1-6-4-10(12-5-9(6)11)15-8(3)13-7(2)14-15/h4-5H,1-3H3. The van der Waals surface area contributed by atoms with Crippen LogP contribution >= 0.6 is 15.9 Å². The van der Waals surface area contributed by atoms with Crippen molar-refractivity contribution in [3.8, 4) is 5.82 Å². The van der Waals surface area contributed by atoms with E-state index < -0.39 is 0 Å². The topological polar surface area (TPSA) is 43.6 Å². The third-order valence-corrected chi connectivity index (χ3v) is 2.95. The molecule has 0 bridgehead atoms. The molecule has 0 saturated carbocycles. The van der Waals surface area contributed by atoms with Crippen LogP contribution in [0, 0.1) is 20.8 Å². The van der Waals surface area contributed by atoms with E-state index in [0.717, 1.165) is 27.5 Å². The van der Waals surface area contributed by atoms with Gasteiger partial charge in [-0.3, -0.25) is 0 Å². The molecule has 0 saturated heterocycles. The summed E-state index contributed by atoms with van der Waals surface area (Å²) in [6, 6.07) is 1.98. The van der Waals surface area contributed by atoms with Crippen LogP contribution < -0.4 is 0 Å². The minimum Gasteiger partial charge on any atom is -0.236 e. The number of hydrogen-bond acceptors (Lipinski definition) is 3. The maximum absolute atomic E-state index is 4.30. The number of aromatic nitrogens is 4. The Kier molecular flexibility index (Phi) is 2.56. The summed E-state index contributed by atoms with van der Waals surface area (Å²) in [4.78, 5) is 8.54. The van der Waals surface area contributed by atoms with Crippen molar-refractivity contribution in [3.05, 3.63) is 33.9 Å². The van der Waals surface area contributed by atoms with Crippen LogP contribution in [0.25, 0.3) is 5.82 Å². The summed E-state index contributed by atoms with van der Waals surface area (Å²) in [5, 5.41) is 4.28. The van der Waals surface area contributed by atoms with E-state index >= 15 is 0 Å². The number of nitrogens with zero attached hydrogens (tertiary/aromatic N) is 4. The molecule has 0 atom stereocenters. The molecule has 0 aliphatic carbocycles. The van der Waals surface area contributed by atoms with Gasteiger partial charge in [0.25, 0.3) is 0 Å². The largest absolute Gasteiger partial charge is 0.236 e. The van der Waals surface area contributed by atoms with Crippen LogP contribution in [0.2, 0.25) is 0 Å². The molecule has 0 unspecified atom stereocenters. The second-order valence-electron chi connectivity index (χ2n) is 3.41. The van der Waals surface area contributed by atoms with Crippen molar-refractivity contribution in [3.63, 3.8) is 0 Å².